The van der Waals surface area contributed by atoms with Crippen molar-refractivity contribution in [1.29, 1.82) is 0 Å². The maximum atomic E-state index is 11.0. The number of esters is 1. The largest absolute Gasteiger partial charge is 0.468 e. The van der Waals surface area contributed by atoms with Gasteiger partial charge in [-0.15, -0.1) is 0 Å². The highest BCUT2D eigenvalue weighted by molar-refractivity contribution is 5.75. The standard InChI is InChI=1S/C10H15NO3/c1-7-4-5-14-9(7)6-11-8(2)10(12)13-3/h4-5,8,11H,6H2,1-3H3/t8-/m0/s1. The predicted molar refractivity (Wildman–Crippen MR) is 51.8 cm³/mol. The first-order valence-corrected chi connectivity index (χ1v) is 4.49. The smallest absolute Gasteiger partial charge is 0.322 e. The number of rotatable bonds is 4. The Bertz CT molecular complexity index is 306. The fraction of sp³-hybridized carbons (Fsp3) is 0.500. The van der Waals surface area contributed by atoms with Gasteiger partial charge in [0.25, 0.3) is 0 Å². The van der Waals surface area contributed by atoms with Crippen molar-refractivity contribution in [2.24, 2.45) is 0 Å². The number of hydrogen-bond acceptors (Lipinski definition) is 4. The van der Waals surface area contributed by atoms with Gasteiger partial charge in [-0.1, -0.05) is 0 Å². The number of hydrogen-bond donors (Lipinski definition) is 1. The Kier molecular flexibility index (Phi) is 3.71. The summed E-state index contributed by atoms with van der Waals surface area (Å²) in [5.41, 5.74) is 1.08. The van der Waals surface area contributed by atoms with Crippen LogP contribution in [0.15, 0.2) is 16.7 Å². The lowest BCUT2D eigenvalue weighted by molar-refractivity contribution is -0.142. The van der Waals surface area contributed by atoms with E-state index in [-0.39, 0.29) is 12.0 Å². The Hall–Kier alpha value is -1.29. The number of ether oxygens (including phenoxy) is 1. The Morgan fingerprint density at radius 2 is 2.43 bits per heavy atom. The summed E-state index contributed by atoms with van der Waals surface area (Å²) >= 11 is 0. The molecule has 0 unspecified atom stereocenters. The summed E-state index contributed by atoms with van der Waals surface area (Å²) in [6.07, 6.45) is 1.63. The minimum absolute atomic E-state index is 0.269. The van der Waals surface area contributed by atoms with Crippen LogP contribution in [0.5, 0.6) is 0 Å². The highest BCUT2D eigenvalue weighted by Crippen LogP contribution is 2.08. The van der Waals surface area contributed by atoms with Crippen molar-refractivity contribution in [3.05, 3.63) is 23.7 Å². The summed E-state index contributed by atoms with van der Waals surface area (Å²) in [6.45, 7) is 4.25. The van der Waals surface area contributed by atoms with Crippen LogP contribution in [0.1, 0.15) is 18.2 Å². The van der Waals surface area contributed by atoms with Crippen molar-refractivity contribution >= 4 is 5.97 Å². The van der Waals surface area contributed by atoms with Crippen LogP contribution in [-0.2, 0) is 16.1 Å². The summed E-state index contributed by atoms with van der Waals surface area (Å²) < 4.78 is 9.79. The van der Waals surface area contributed by atoms with E-state index in [1.54, 1.807) is 13.2 Å². The van der Waals surface area contributed by atoms with Gasteiger partial charge in [-0.2, -0.15) is 0 Å². The molecule has 1 atom stereocenters. The number of nitrogens with one attached hydrogen (secondary N) is 1. The van der Waals surface area contributed by atoms with Crippen molar-refractivity contribution in [1.82, 2.24) is 5.32 Å². The summed E-state index contributed by atoms with van der Waals surface area (Å²) in [7, 11) is 1.37. The Labute approximate surface area is 83.2 Å². The van der Waals surface area contributed by atoms with E-state index in [4.69, 9.17) is 4.42 Å². The van der Waals surface area contributed by atoms with Gasteiger partial charge in [0.2, 0.25) is 0 Å². The molecule has 0 aromatic carbocycles. The molecule has 0 spiro atoms. The molecule has 0 fully saturated rings. The molecule has 14 heavy (non-hydrogen) atoms. The summed E-state index contributed by atoms with van der Waals surface area (Å²) in [5, 5.41) is 3.01. The van der Waals surface area contributed by atoms with Gasteiger partial charge >= 0.3 is 5.97 Å². The van der Waals surface area contributed by atoms with Crippen LogP contribution in [0.4, 0.5) is 0 Å². The lowest BCUT2D eigenvalue weighted by Crippen LogP contribution is -2.34. The number of aryl methyl sites for hydroxylation is 1. The van der Waals surface area contributed by atoms with E-state index < -0.39 is 0 Å². The maximum Gasteiger partial charge on any atom is 0.322 e. The van der Waals surface area contributed by atoms with Crippen molar-refractivity contribution in [3.8, 4) is 0 Å². The minimum Gasteiger partial charge on any atom is -0.468 e. The van der Waals surface area contributed by atoms with Crippen LogP contribution < -0.4 is 5.32 Å². The fourth-order valence-electron chi connectivity index (χ4n) is 1.09. The van der Waals surface area contributed by atoms with Crippen LogP contribution >= 0.6 is 0 Å². The molecule has 0 saturated carbocycles. The second kappa shape index (κ2) is 4.81. The van der Waals surface area contributed by atoms with Gasteiger partial charge in [0.15, 0.2) is 0 Å². The molecular formula is C10H15NO3. The van der Waals surface area contributed by atoms with Crippen molar-refractivity contribution in [3.63, 3.8) is 0 Å². The van der Waals surface area contributed by atoms with E-state index in [2.05, 4.69) is 10.1 Å². The molecule has 0 aliphatic heterocycles. The lowest BCUT2D eigenvalue weighted by Gasteiger charge is -2.10. The van der Waals surface area contributed by atoms with Crippen molar-refractivity contribution in [2.45, 2.75) is 26.4 Å². The average Bonchev–Trinajstić information content (AvgIpc) is 2.59. The zero-order valence-electron chi connectivity index (χ0n) is 8.66. The molecule has 78 valence electrons. The molecule has 0 radical (unpaired) electrons. The Balaban J connectivity index is 2.41. The van der Waals surface area contributed by atoms with Crippen LogP contribution in [-0.4, -0.2) is 19.1 Å². The average molecular weight is 197 g/mol. The molecule has 4 heteroatoms. The number of carbonyl (C=O) groups excluding carboxylic acids is 1. The highest BCUT2D eigenvalue weighted by atomic mass is 16.5. The second-order valence-electron chi connectivity index (χ2n) is 3.15. The van der Waals surface area contributed by atoms with Gasteiger partial charge in [-0.25, -0.2) is 0 Å². The first-order chi connectivity index (χ1) is 6.65. The molecule has 0 aliphatic carbocycles. The third kappa shape index (κ3) is 2.60. The predicted octanol–water partition coefficient (Wildman–Crippen LogP) is 1.24. The summed E-state index contributed by atoms with van der Waals surface area (Å²) in [5.74, 6) is 0.579. The zero-order valence-corrected chi connectivity index (χ0v) is 8.66. The third-order valence-corrected chi connectivity index (χ3v) is 2.09. The minimum atomic E-state index is -0.315. The quantitative estimate of drug-likeness (QED) is 0.738. The van der Waals surface area contributed by atoms with E-state index in [1.807, 2.05) is 13.0 Å². The summed E-state index contributed by atoms with van der Waals surface area (Å²) in [4.78, 5) is 11.0. The van der Waals surface area contributed by atoms with Gasteiger partial charge in [-0.3, -0.25) is 10.1 Å². The van der Waals surface area contributed by atoms with Crippen LogP contribution in [0, 0.1) is 6.92 Å². The SMILES string of the molecule is COC(=O)[C@H](C)NCc1occc1C. The molecule has 4 nitrogen and oxygen atoms in total. The summed E-state index contributed by atoms with van der Waals surface area (Å²) in [6, 6.07) is 1.57. The Morgan fingerprint density at radius 3 is 2.93 bits per heavy atom. The molecule has 1 rings (SSSR count). The molecule has 0 bridgehead atoms. The van der Waals surface area contributed by atoms with Gasteiger partial charge in [0.05, 0.1) is 19.9 Å². The lowest BCUT2D eigenvalue weighted by atomic mass is 10.2. The topological polar surface area (TPSA) is 51.5 Å². The molecule has 1 heterocycles. The van der Waals surface area contributed by atoms with Gasteiger partial charge in [-0.05, 0) is 25.5 Å². The van der Waals surface area contributed by atoms with Crippen molar-refractivity contribution in [2.75, 3.05) is 7.11 Å². The molecule has 0 amide bonds. The number of furan rings is 1. The van der Waals surface area contributed by atoms with E-state index in [9.17, 15) is 4.79 Å². The highest BCUT2D eigenvalue weighted by Gasteiger charge is 2.12. The van der Waals surface area contributed by atoms with Gasteiger partial charge in [0, 0.05) is 0 Å². The third-order valence-electron chi connectivity index (χ3n) is 2.09. The van der Waals surface area contributed by atoms with E-state index in [0.717, 1.165) is 11.3 Å². The molecule has 1 N–H and O–H groups in total. The van der Waals surface area contributed by atoms with Gasteiger partial charge in [0.1, 0.15) is 11.8 Å². The molecule has 1 aromatic rings. The first kappa shape index (κ1) is 10.8. The monoisotopic (exact) mass is 197 g/mol. The number of carbonyl (C=O) groups is 1. The zero-order chi connectivity index (χ0) is 10.6. The van der Waals surface area contributed by atoms with E-state index >= 15 is 0 Å². The molecule has 0 aliphatic rings. The van der Waals surface area contributed by atoms with E-state index in [1.165, 1.54) is 7.11 Å². The molecular weight excluding hydrogens is 182 g/mol. The van der Waals surface area contributed by atoms with Crippen LogP contribution in [0.25, 0.3) is 0 Å². The molecule has 1 aromatic heterocycles. The normalized spacial score (nSPS) is 12.5. The fourth-order valence-corrected chi connectivity index (χ4v) is 1.09. The van der Waals surface area contributed by atoms with Crippen LogP contribution in [0.3, 0.4) is 0 Å². The second-order valence-corrected chi connectivity index (χ2v) is 3.15. The van der Waals surface area contributed by atoms with E-state index in [0.29, 0.717) is 6.54 Å². The van der Waals surface area contributed by atoms with Crippen LogP contribution in [0.2, 0.25) is 0 Å². The van der Waals surface area contributed by atoms with Crippen molar-refractivity contribution < 1.29 is 13.9 Å². The Morgan fingerprint density at radius 1 is 1.71 bits per heavy atom. The number of methoxy groups -OCH3 is 1. The first-order valence-electron chi connectivity index (χ1n) is 4.49. The maximum absolute atomic E-state index is 11.0. The van der Waals surface area contributed by atoms with Gasteiger partial charge < -0.3 is 9.15 Å². The molecule has 0 saturated heterocycles.